The average molecular weight is 323 g/mol. The topological polar surface area (TPSA) is 69.1 Å². The number of rotatable bonds is 4. The Bertz CT molecular complexity index is 527. The van der Waals surface area contributed by atoms with Gasteiger partial charge in [0.25, 0.3) is 0 Å². The maximum atomic E-state index is 12.0. The molecule has 0 bridgehead atoms. The minimum atomic E-state index is 0.0427. The molecule has 1 aromatic rings. The maximum absolute atomic E-state index is 12.0. The molecular formula is C13H15BrN4O. The summed E-state index contributed by atoms with van der Waals surface area (Å²) in [6, 6.07) is 8.02. The minimum Gasteiger partial charge on any atom is -0.336 e. The van der Waals surface area contributed by atoms with E-state index in [0.29, 0.717) is 19.5 Å². The van der Waals surface area contributed by atoms with Gasteiger partial charge >= 0.3 is 0 Å². The summed E-state index contributed by atoms with van der Waals surface area (Å²) in [4.78, 5) is 16.6. The zero-order valence-electron chi connectivity index (χ0n) is 10.7. The van der Waals surface area contributed by atoms with Crippen LogP contribution >= 0.6 is 15.9 Å². The summed E-state index contributed by atoms with van der Waals surface area (Å²) in [6.45, 7) is 3.07. The highest BCUT2D eigenvalue weighted by Gasteiger charge is 2.32. The van der Waals surface area contributed by atoms with Crippen molar-refractivity contribution in [2.75, 3.05) is 13.1 Å². The molecule has 1 aliphatic rings. The summed E-state index contributed by atoms with van der Waals surface area (Å²) in [6.07, 6.45) is 0.470. The van der Waals surface area contributed by atoms with Crippen molar-refractivity contribution < 1.29 is 4.79 Å². The van der Waals surface area contributed by atoms with Crippen LogP contribution in [0.2, 0.25) is 0 Å². The Labute approximate surface area is 120 Å². The van der Waals surface area contributed by atoms with Crippen molar-refractivity contribution in [1.82, 2.24) is 4.90 Å². The van der Waals surface area contributed by atoms with Crippen LogP contribution in [0.3, 0.4) is 0 Å². The van der Waals surface area contributed by atoms with Gasteiger partial charge in [0, 0.05) is 28.9 Å². The number of hydrogen-bond donors (Lipinski definition) is 0. The van der Waals surface area contributed by atoms with Gasteiger partial charge in [0.1, 0.15) is 0 Å². The molecular weight excluding hydrogens is 308 g/mol. The second kappa shape index (κ2) is 6.08. The van der Waals surface area contributed by atoms with Crippen molar-refractivity contribution in [3.8, 4) is 0 Å². The van der Waals surface area contributed by atoms with E-state index in [9.17, 15) is 4.79 Å². The van der Waals surface area contributed by atoms with Crippen LogP contribution in [0.5, 0.6) is 0 Å². The van der Waals surface area contributed by atoms with Crippen molar-refractivity contribution in [2.45, 2.75) is 19.4 Å². The number of carbonyl (C=O) groups excluding carboxylic acids is 1. The van der Waals surface area contributed by atoms with Crippen molar-refractivity contribution >= 4 is 21.8 Å². The standard InChI is InChI=1S/C13H15BrN4O/c1-9(11-3-2-4-12(14)6-11)18-8-10(5-13(18)19)7-16-17-15/h2-4,6,9-10H,5,7-8H2,1H3. The molecule has 2 atom stereocenters. The molecule has 0 aliphatic carbocycles. The summed E-state index contributed by atoms with van der Waals surface area (Å²) >= 11 is 3.44. The third-order valence-electron chi connectivity index (χ3n) is 3.44. The molecule has 19 heavy (non-hydrogen) atoms. The molecule has 1 aliphatic heterocycles. The van der Waals surface area contributed by atoms with Gasteiger partial charge in [0.15, 0.2) is 0 Å². The van der Waals surface area contributed by atoms with Crippen LogP contribution in [0.4, 0.5) is 0 Å². The summed E-state index contributed by atoms with van der Waals surface area (Å²) in [5.41, 5.74) is 9.43. The SMILES string of the molecule is CC(c1cccc(Br)c1)N1CC(CN=[N+]=[N-])CC1=O. The second-order valence-electron chi connectivity index (χ2n) is 4.76. The van der Waals surface area contributed by atoms with Crippen LogP contribution in [0.15, 0.2) is 33.9 Å². The Morgan fingerprint density at radius 2 is 2.42 bits per heavy atom. The summed E-state index contributed by atoms with van der Waals surface area (Å²) in [5, 5.41) is 3.56. The minimum absolute atomic E-state index is 0.0427. The lowest BCUT2D eigenvalue weighted by atomic mass is 10.1. The van der Waals surface area contributed by atoms with Crippen molar-refractivity contribution in [3.05, 3.63) is 44.7 Å². The predicted molar refractivity (Wildman–Crippen MR) is 76.4 cm³/mol. The quantitative estimate of drug-likeness (QED) is 0.473. The molecule has 5 nitrogen and oxygen atoms in total. The van der Waals surface area contributed by atoms with E-state index in [0.717, 1.165) is 10.0 Å². The van der Waals surface area contributed by atoms with Crippen LogP contribution in [-0.2, 0) is 4.79 Å². The maximum Gasteiger partial charge on any atom is 0.223 e. The van der Waals surface area contributed by atoms with Gasteiger partial charge in [0.05, 0.1) is 6.04 Å². The molecule has 1 saturated heterocycles. The number of nitrogens with zero attached hydrogens (tertiary/aromatic N) is 4. The highest BCUT2D eigenvalue weighted by Crippen LogP contribution is 2.29. The number of benzene rings is 1. The summed E-state index contributed by atoms with van der Waals surface area (Å²) < 4.78 is 1.01. The van der Waals surface area contributed by atoms with E-state index in [-0.39, 0.29) is 17.9 Å². The lowest BCUT2D eigenvalue weighted by Gasteiger charge is -2.25. The Morgan fingerprint density at radius 1 is 1.63 bits per heavy atom. The smallest absolute Gasteiger partial charge is 0.223 e. The molecule has 0 spiro atoms. The van der Waals surface area contributed by atoms with Crippen LogP contribution in [0, 0.1) is 5.92 Å². The average Bonchev–Trinajstić information content (AvgIpc) is 2.76. The molecule has 0 N–H and O–H groups in total. The summed E-state index contributed by atoms with van der Waals surface area (Å²) in [7, 11) is 0. The van der Waals surface area contributed by atoms with Crippen molar-refractivity contribution in [2.24, 2.45) is 11.0 Å². The number of azide groups is 1. The molecule has 1 fully saturated rings. The van der Waals surface area contributed by atoms with Crippen LogP contribution in [0.25, 0.3) is 10.4 Å². The lowest BCUT2D eigenvalue weighted by Crippen LogP contribution is -2.28. The first kappa shape index (κ1) is 13.9. The molecule has 1 aromatic carbocycles. The molecule has 1 amide bonds. The summed E-state index contributed by atoms with van der Waals surface area (Å²) in [5.74, 6) is 0.267. The van der Waals surface area contributed by atoms with E-state index >= 15 is 0 Å². The predicted octanol–water partition coefficient (Wildman–Crippen LogP) is 3.67. The van der Waals surface area contributed by atoms with Gasteiger partial charge in [-0.15, -0.1) is 0 Å². The van der Waals surface area contributed by atoms with Gasteiger partial charge in [-0.2, -0.15) is 0 Å². The third kappa shape index (κ3) is 3.28. The lowest BCUT2D eigenvalue weighted by molar-refractivity contribution is -0.129. The zero-order chi connectivity index (χ0) is 13.8. The van der Waals surface area contributed by atoms with E-state index in [1.54, 1.807) is 0 Å². The van der Waals surface area contributed by atoms with Gasteiger partial charge in [-0.3, -0.25) is 4.79 Å². The number of amides is 1. The Hall–Kier alpha value is -1.52. The second-order valence-corrected chi connectivity index (χ2v) is 5.68. The van der Waals surface area contributed by atoms with Gasteiger partial charge in [-0.1, -0.05) is 33.2 Å². The van der Waals surface area contributed by atoms with Gasteiger partial charge < -0.3 is 4.90 Å². The molecule has 0 radical (unpaired) electrons. The highest BCUT2D eigenvalue weighted by atomic mass is 79.9. The number of hydrogen-bond acceptors (Lipinski definition) is 2. The largest absolute Gasteiger partial charge is 0.336 e. The fraction of sp³-hybridized carbons (Fsp3) is 0.462. The number of likely N-dealkylation sites (tertiary alicyclic amines) is 1. The first-order valence-corrected chi connectivity index (χ1v) is 6.97. The van der Waals surface area contributed by atoms with Crippen LogP contribution in [-0.4, -0.2) is 23.9 Å². The number of halogens is 1. The zero-order valence-corrected chi connectivity index (χ0v) is 12.2. The molecule has 0 saturated carbocycles. The Balaban J connectivity index is 2.09. The van der Waals surface area contributed by atoms with Crippen LogP contribution in [0.1, 0.15) is 24.9 Å². The van der Waals surface area contributed by atoms with Crippen molar-refractivity contribution in [1.29, 1.82) is 0 Å². The first-order chi connectivity index (χ1) is 9.11. The third-order valence-corrected chi connectivity index (χ3v) is 3.93. The van der Waals surface area contributed by atoms with E-state index < -0.39 is 0 Å². The Morgan fingerprint density at radius 3 is 3.11 bits per heavy atom. The van der Waals surface area contributed by atoms with Crippen LogP contribution < -0.4 is 0 Å². The molecule has 2 rings (SSSR count). The van der Waals surface area contributed by atoms with E-state index in [1.807, 2.05) is 36.1 Å². The monoisotopic (exact) mass is 322 g/mol. The molecule has 100 valence electrons. The molecule has 6 heteroatoms. The van der Waals surface area contributed by atoms with Gasteiger partial charge in [0.2, 0.25) is 5.91 Å². The first-order valence-electron chi connectivity index (χ1n) is 6.17. The Kier molecular flexibility index (Phi) is 4.45. The molecule has 1 heterocycles. The normalized spacial score (nSPS) is 20.2. The van der Waals surface area contributed by atoms with Gasteiger partial charge in [-0.05, 0) is 36.1 Å². The van der Waals surface area contributed by atoms with E-state index in [2.05, 4.69) is 26.0 Å². The van der Waals surface area contributed by atoms with E-state index in [4.69, 9.17) is 5.53 Å². The van der Waals surface area contributed by atoms with Gasteiger partial charge in [-0.25, -0.2) is 0 Å². The molecule has 0 aromatic heterocycles. The number of carbonyl (C=O) groups is 1. The van der Waals surface area contributed by atoms with E-state index in [1.165, 1.54) is 0 Å². The highest BCUT2D eigenvalue weighted by molar-refractivity contribution is 9.10. The fourth-order valence-electron chi connectivity index (χ4n) is 2.40. The van der Waals surface area contributed by atoms with Crippen molar-refractivity contribution in [3.63, 3.8) is 0 Å². The fourth-order valence-corrected chi connectivity index (χ4v) is 2.82. The molecule has 2 unspecified atom stereocenters.